The van der Waals surface area contributed by atoms with Gasteiger partial charge in [-0.05, 0) is 27.0 Å². The quantitative estimate of drug-likeness (QED) is 0.757. The van der Waals surface area contributed by atoms with Gasteiger partial charge < -0.3 is 9.84 Å². The highest BCUT2D eigenvalue weighted by Gasteiger charge is 2.26. The van der Waals surface area contributed by atoms with Gasteiger partial charge in [0.15, 0.2) is 11.5 Å². The molecule has 4 rings (SSSR count). The van der Waals surface area contributed by atoms with E-state index in [1.807, 2.05) is 27.0 Å². The number of rotatable bonds is 2. The zero-order valence-electron chi connectivity index (χ0n) is 14.4. The summed E-state index contributed by atoms with van der Waals surface area (Å²) in [6.07, 6.45) is 0. The molecule has 0 bridgehead atoms. The van der Waals surface area contributed by atoms with Crippen molar-refractivity contribution >= 4 is 11.0 Å². The van der Waals surface area contributed by atoms with Crippen molar-refractivity contribution in [2.24, 2.45) is 7.05 Å². The van der Waals surface area contributed by atoms with Gasteiger partial charge in [-0.25, -0.2) is 4.98 Å². The Kier molecular flexibility index (Phi) is 3.58. The van der Waals surface area contributed by atoms with Crippen molar-refractivity contribution in [1.29, 1.82) is 0 Å². The molecule has 0 aliphatic carbocycles. The van der Waals surface area contributed by atoms with Crippen molar-refractivity contribution in [2.75, 3.05) is 26.7 Å². The molecule has 1 aliphatic rings. The van der Waals surface area contributed by atoms with Crippen LogP contribution in [0.2, 0.25) is 0 Å². The highest BCUT2D eigenvalue weighted by Crippen LogP contribution is 2.28. The van der Waals surface area contributed by atoms with E-state index < -0.39 is 0 Å². The van der Waals surface area contributed by atoms with Crippen LogP contribution < -0.4 is 5.32 Å². The molecule has 3 aromatic heterocycles. The first-order chi connectivity index (χ1) is 11.5. The van der Waals surface area contributed by atoms with E-state index in [0.717, 1.165) is 47.6 Å². The number of likely N-dealkylation sites (N-methyl/N-ethyl adjacent to an activating group) is 1. The normalized spacial score (nSPS) is 19.2. The highest BCUT2D eigenvalue weighted by atomic mass is 16.5. The molecule has 0 spiro atoms. The van der Waals surface area contributed by atoms with Crippen molar-refractivity contribution in [3.05, 3.63) is 23.3 Å². The van der Waals surface area contributed by atoms with Crippen LogP contribution in [0.4, 0.5) is 0 Å². The lowest BCUT2D eigenvalue weighted by molar-refractivity contribution is 0.190. The van der Waals surface area contributed by atoms with Crippen LogP contribution in [0, 0.1) is 13.8 Å². The molecule has 1 saturated heterocycles. The van der Waals surface area contributed by atoms with E-state index in [1.165, 1.54) is 0 Å². The first kappa shape index (κ1) is 15.2. The van der Waals surface area contributed by atoms with Gasteiger partial charge in [-0.3, -0.25) is 9.58 Å². The monoisotopic (exact) mass is 327 g/mol. The minimum Gasteiger partial charge on any atom is -0.334 e. The fraction of sp³-hybridized carbons (Fsp3) is 0.500. The summed E-state index contributed by atoms with van der Waals surface area (Å²) in [5.74, 6) is 1.22. The molecule has 0 aromatic carbocycles. The lowest BCUT2D eigenvalue weighted by Crippen LogP contribution is -2.44. The summed E-state index contributed by atoms with van der Waals surface area (Å²) < 4.78 is 7.34. The lowest BCUT2D eigenvalue weighted by atomic mass is 10.1. The lowest BCUT2D eigenvalue weighted by Gasteiger charge is -2.30. The highest BCUT2D eigenvalue weighted by molar-refractivity contribution is 5.83. The minimum atomic E-state index is 0.133. The van der Waals surface area contributed by atoms with Gasteiger partial charge in [0, 0.05) is 32.1 Å². The van der Waals surface area contributed by atoms with E-state index in [2.05, 4.69) is 37.5 Å². The number of aryl methyl sites for hydroxylation is 3. The Bertz CT molecular complexity index is 897. The van der Waals surface area contributed by atoms with Crippen LogP contribution in [0.5, 0.6) is 0 Å². The molecule has 8 nitrogen and oxygen atoms in total. The topological polar surface area (TPSA) is 84.9 Å². The van der Waals surface area contributed by atoms with E-state index in [9.17, 15) is 0 Å². The van der Waals surface area contributed by atoms with Crippen molar-refractivity contribution in [2.45, 2.75) is 19.9 Å². The number of pyridine rings is 1. The Morgan fingerprint density at radius 2 is 2.04 bits per heavy atom. The van der Waals surface area contributed by atoms with Gasteiger partial charge in [0.1, 0.15) is 0 Å². The van der Waals surface area contributed by atoms with Gasteiger partial charge in [0.05, 0.1) is 23.0 Å². The summed E-state index contributed by atoms with van der Waals surface area (Å²) >= 11 is 0. The number of fused-ring (bicyclic) bond motifs is 1. The molecule has 1 unspecified atom stereocenters. The van der Waals surface area contributed by atoms with Crippen molar-refractivity contribution in [3.8, 4) is 11.5 Å². The molecule has 8 heteroatoms. The SMILES string of the molecule is Cc1nc2c(cc1-c1nc(C3CNCCN3C)no1)c(C)nn2C. The molecule has 0 radical (unpaired) electrons. The van der Waals surface area contributed by atoms with Gasteiger partial charge >= 0.3 is 0 Å². The van der Waals surface area contributed by atoms with Crippen molar-refractivity contribution in [1.82, 2.24) is 35.1 Å². The standard InChI is InChI=1S/C16H21N7O/c1-9-12(7-11-10(2)20-23(4)15(11)18-9)16-19-14(21-24-16)13-8-17-5-6-22(13)3/h7,13,17H,5-6,8H2,1-4H3. The zero-order valence-corrected chi connectivity index (χ0v) is 14.4. The number of piperazine rings is 1. The Morgan fingerprint density at radius 3 is 2.83 bits per heavy atom. The maximum Gasteiger partial charge on any atom is 0.259 e. The van der Waals surface area contributed by atoms with Gasteiger partial charge in [-0.2, -0.15) is 10.1 Å². The van der Waals surface area contributed by atoms with Crippen molar-refractivity contribution in [3.63, 3.8) is 0 Å². The molecular formula is C16H21N7O. The predicted molar refractivity (Wildman–Crippen MR) is 89.5 cm³/mol. The number of nitrogens with one attached hydrogen (secondary N) is 1. The average Bonchev–Trinajstić information content (AvgIpc) is 3.13. The van der Waals surface area contributed by atoms with Gasteiger partial charge in [0.2, 0.25) is 0 Å². The fourth-order valence-electron chi connectivity index (χ4n) is 3.22. The zero-order chi connectivity index (χ0) is 16.8. The Hall–Kier alpha value is -2.32. The number of nitrogens with zero attached hydrogens (tertiary/aromatic N) is 6. The van der Waals surface area contributed by atoms with E-state index in [0.29, 0.717) is 11.7 Å². The average molecular weight is 327 g/mol. The first-order valence-corrected chi connectivity index (χ1v) is 8.10. The maximum atomic E-state index is 5.55. The summed E-state index contributed by atoms with van der Waals surface area (Å²) in [6.45, 7) is 6.71. The predicted octanol–water partition coefficient (Wildman–Crippen LogP) is 1.21. The third kappa shape index (κ3) is 2.38. The first-order valence-electron chi connectivity index (χ1n) is 8.10. The molecule has 1 aliphatic heterocycles. The van der Waals surface area contributed by atoms with Crippen LogP contribution in [-0.4, -0.2) is 56.5 Å². The second kappa shape index (κ2) is 5.64. The second-order valence-corrected chi connectivity index (χ2v) is 6.36. The van der Waals surface area contributed by atoms with E-state index in [1.54, 1.807) is 4.68 Å². The largest absolute Gasteiger partial charge is 0.334 e. The van der Waals surface area contributed by atoms with Crippen LogP contribution >= 0.6 is 0 Å². The summed E-state index contributed by atoms with van der Waals surface area (Å²) in [5.41, 5.74) is 3.53. The molecule has 24 heavy (non-hydrogen) atoms. The number of aromatic nitrogens is 5. The van der Waals surface area contributed by atoms with Crippen LogP contribution in [0.25, 0.3) is 22.5 Å². The van der Waals surface area contributed by atoms with Gasteiger partial charge in [0.25, 0.3) is 5.89 Å². The molecule has 0 amide bonds. The molecular weight excluding hydrogens is 306 g/mol. The number of hydrogen-bond acceptors (Lipinski definition) is 7. The van der Waals surface area contributed by atoms with Crippen molar-refractivity contribution < 1.29 is 4.52 Å². The van der Waals surface area contributed by atoms with Crippen LogP contribution in [-0.2, 0) is 7.05 Å². The summed E-state index contributed by atoms with van der Waals surface area (Å²) in [4.78, 5) is 11.5. The molecule has 126 valence electrons. The second-order valence-electron chi connectivity index (χ2n) is 6.36. The fourth-order valence-corrected chi connectivity index (χ4v) is 3.22. The maximum absolute atomic E-state index is 5.55. The van der Waals surface area contributed by atoms with Crippen LogP contribution in [0.3, 0.4) is 0 Å². The third-order valence-corrected chi connectivity index (χ3v) is 4.67. The molecule has 3 aromatic rings. The molecule has 1 N–H and O–H groups in total. The Morgan fingerprint density at radius 1 is 1.21 bits per heavy atom. The number of hydrogen-bond donors (Lipinski definition) is 1. The molecule has 4 heterocycles. The minimum absolute atomic E-state index is 0.133. The van der Waals surface area contributed by atoms with Gasteiger partial charge in [-0.1, -0.05) is 5.16 Å². The smallest absolute Gasteiger partial charge is 0.259 e. The molecule has 1 fully saturated rings. The Balaban J connectivity index is 1.75. The summed E-state index contributed by atoms with van der Waals surface area (Å²) in [7, 11) is 3.98. The molecule has 1 atom stereocenters. The Labute approximate surface area is 139 Å². The summed E-state index contributed by atoms with van der Waals surface area (Å²) in [5, 5.41) is 13.0. The van der Waals surface area contributed by atoms with Crippen LogP contribution in [0.1, 0.15) is 23.3 Å². The van der Waals surface area contributed by atoms with E-state index in [-0.39, 0.29) is 6.04 Å². The van der Waals surface area contributed by atoms with Gasteiger partial charge in [-0.15, -0.1) is 0 Å². The van der Waals surface area contributed by atoms with E-state index in [4.69, 9.17) is 4.52 Å². The third-order valence-electron chi connectivity index (χ3n) is 4.67. The van der Waals surface area contributed by atoms with E-state index >= 15 is 0 Å². The summed E-state index contributed by atoms with van der Waals surface area (Å²) in [6, 6.07) is 2.17. The van der Waals surface area contributed by atoms with Crippen LogP contribution in [0.15, 0.2) is 10.6 Å². The molecule has 0 saturated carbocycles.